The first-order valence-electron chi connectivity index (χ1n) is 8.16. The van der Waals surface area contributed by atoms with Crippen molar-refractivity contribution in [1.82, 2.24) is 10.2 Å². The van der Waals surface area contributed by atoms with Crippen LogP contribution in [-0.4, -0.2) is 36.5 Å². The number of halogens is 1. The van der Waals surface area contributed by atoms with E-state index in [0.717, 1.165) is 25.3 Å². The molecule has 0 spiro atoms. The van der Waals surface area contributed by atoms with Crippen LogP contribution < -0.4 is 5.32 Å². The lowest BCUT2D eigenvalue weighted by molar-refractivity contribution is -0.123. The van der Waals surface area contributed by atoms with Gasteiger partial charge in [0.15, 0.2) is 0 Å². The first-order valence-corrected chi connectivity index (χ1v) is 8.16. The molecule has 1 saturated heterocycles. The molecule has 0 aromatic rings. The molecule has 3 fully saturated rings. The summed E-state index contributed by atoms with van der Waals surface area (Å²) in [4.78, 5) is 14.6. The highest BCUT2D eigenvalue weighted by molar-refractivity contribution is 5.85. The van der Waals surface area contributed by atoms with E-state index >= 15 is 0 Å². The van der Waals surface area contributed by atoms with E-state index < -0.39 is 0 Å². The fourth-order valence-corrected chi connectivity index (χ4v) is 3.58. The van der Waals surface area contributed by atoms with Gasteiger partial charge in [-0.05, 0) is 43.4 Å². The predicted octanol–water partition coefficient (Wildman–Crippen LogP) is 2.69. The van der Waals surface area contributed by atoms with E-state index in [1.807, 2.05) is 0 Å². The summed E-state index contributed by atoms with van der Waals surface area (Å²) in [6, 6.07) is 0.396. The fraction of sp³-hybridized carbons (Fsp3) is 0.938. The lowest BCUT2D eigenvalue weighted by Crippen LogP contribution is -2.42. The van der Waals surface area contributed by atoms with Gasteiger partial charge in [-0.3, -0.25) is 4.79 Å². The average molecular weight is 301 g/mol. The van der Waals surface area contributed by atoms with E-state index in [2.05, 4.69) is 24.1 Å². The quantitative estimate of drug-likeness (QED) is 0.847. The van der Waals surface area contributed by atoms with Gasteiger partial charge in [-0.15, -0.1) is 12.4 Å². The molecule has 3 nitrogen and oxygen atoms in total. The summed E-state index contributed by atoms with van der Waals surface area (Å²) in [6.07, 6.45) is 6.48. The Balaban J connectivity index is 0.00000147. The molecule has 4 heteroatoms. The van der Waals surface area contributed by atoms with Crippen LogP contribution in [0.4, 0.5) is 0 Å². The van der Waals surface area contributed by atoms with Crippen LogP contribution in [0.2, 0.25) is 0 Å². The summed E-state index contributed by atoms with van der Waals surface area (Å²) in [7, 11) is 0. The molecular formula is C16H29ClN2O. The Kier molecular flexibility index (Phi) is 5.36. The SMILES string of the molecule is CC(C)[C@H]1CN(CC2CCC2)C[C@@H]1NC(=O)C1CC1.Cl. The number of nitrogens with zero attached hydrogens (tertiary/aromatic N) is 1. The Bertz CT molecular complexity index is 339. The number of amides is 1. The number of hydrogen-bond acceptors (Lipinski definition) is 2. The van der Waals surface area contributed by atoms with Gasteiger partial charge in [0.1, 0.15) is 0 Å². The van der Waals surface area contributed by atoms with E-state index in [-0.39, 0.29) is 12.4 Å². The summed E-state index contributed by atoms with van der Waals surface area (Å²) in [5, 5.41) is 3.33. The zero-order valence-electron chi connectivity index (χ0n) is 12.8. The molecule has 2 aliphatic carbocycles. The summed E-state index contributed by atoms with van der Waals surface area (Å²) in [5.74, 6) is 2.90. The number of likely N-dealkylation sites (tertiary alicyclic amines) is 1. The van der Waals surface area contributed by atoms with Crippen molar-refractivity contribution >= 4 is 18.3 Å². The number of rotatable bonds is 5. The predicted molar refractivity (Wildman–Crippen MR) is 84.0 cm³/mol. The van der Waals surface area contributed by atoms with Crippen molar-refractivity contribution in [2.75, 3.05) is 19.6 Å². The van der Waals surface area contributed by atoms with Crippen molar-refractivity contribution in [2.45, 2.75) is 52.0 Å². The van der Waals surface area contributed by atoms with Crippen LogP contribution in [-0.2, 0) is 4.79 Å². The van der Waals surface area contributed by atoms with Crippen LogP contribution in [0.15, 0.2) is 0 Å². The summed E-state index contributed by atoms with van der Waals surface area (Å²) >= 11 is 0. The molecule has 20 heavy (non-hydrogen) atoms. The Hall–Kier alpha value is -0.280. The molecule has 1 heterocycles. The fourth-order valence-electron chi connectivity index (χ4n) is 3.58. The van der Waals surface area contributed by atoms with E-state index in [1.165, 1.54) is 32.4 Å². The minimum absolute atomic E-state index is 0. The highest BCUT2D eigenvalue weighted by atomic mass is 35.5. The van der Waals surface area contributed by atoms with Gasteiger partial charge in [0, 0.05) is 31.6 Å². The maximum absolute atomic E-state index is 12.0. The van der Waals surface area contributed by atoms with Gasteiger partial charge in [-0.2, -0.15) is 0 Å². The van der Waals surface area contributed by atoms with Crippen LogP contribution in [0, 0.1) is 23.7 Å². The second kappa shape index (κ2) is 6.65. The highest BCUT2D eigenvalue weighted by Crippen LogP contribution is 2.33. The van der Waals surface area contributed by atoms with E-state index in [4.69, 9.17) is 0 Å². The zero-order valence-corrected chi connectivity index (χ0v) is 13.6. The van der Waals surface area contributed by atoms with Crippen LogP contribution in [0.3, 0.4) is 0 Å². The minimum atomic E-state index is 0. The largest absolute Gasteiger partial charge is 0.352 e. The van der Waals surface area contributed by atoms with Crippen LogP contribution in [0.25, 0.3) is 0 Å². The van der Waals surface area contributed by atoms with E-state index in [0.29, 0.717) is 29.7 Å². The van der Waals surface area contributed by atoms with Gasteiger partial charge < -0.3 is 10.2 Å². The van der Waals surface area contributed by atoms with E-state index in [1.54, 1.807) is 0 Å². The molecule has 0 bridgehead atoms. The molecule has 2 saturated carbocycles. The Morgan fingerprint density at radius 3 is 2.40 bits per heavy atom. The zero-order chi connectivity index (χ0) is 13.4. The van der Waals surface area contributed by atoms with Crippen LogP contribution in [0.5, 0.6) is 0 Å². The van der Waals surface area contributed by atoms with Gasteiger partial charge in [0.2, 0.25) is 5.91 Å². The Labute approximate surface area is 129 Å². The third kappa shape index (κ3) is 3.67. The minimum Gasteiger partial charge on any atom is -0.352 e. The molecule has 3 aliphatic rings. The number of nitrogens with one attached hydrogen (secondary N) is 1. The Morgan fingerprint density at radius 2 is 1.90 bits per heavy atom. The lowest BCUT2D eigenvalue weighted by Gasteiger charge is -2.30. The van der Waals surface area contributed by atoms with Crippen LogP contribution >= 0.6 is 12.4 Å². The van der Waals surface area contributed by atoms with Gasteiger partial charge in [0.05, 0.1) is 0 Å². The van der Waals surface area contributed by atoms with Gasteiger partial charge in [0.25, 0.3) is 0 Å². The number of carbonyl (C=O) groups is 1. The normalized spacial score (nSPS) is 30.9. The molecule has 1 N–H and O–H groups in total. The molecule has 1 amide bonds. The summed E-state index contributed by atoms with van der Waals surface area (Å²) in [5.41, 5.74) is 0. The van der Waals surface area contributed by atoms with Gasteiger partial charge in [-0.25, -0.2) is 0 Å². The van der Waals surface area contributed by atoms with Crippen molar-refractivity contribution in [3.05, 3.63) is 0 Å². The highest BCUT2D eigenvalue weighted by Gasteiger charge is 2.39. The van der Waals surface area contributed by atoms with Gasteiger partial charge in [-0.1, -0.05) is 20.3 Å². The monoisotopic (exact) mass is 300 g/mol. The molecule has 0 radical (unpaired) electrons. The Morgan fingerprint density at radius 1 is 1.20 bits per heavy atom. The number of carbonyl (C=O) groups excluding carboxylic acids is 1. The van der Waals surface area contributed by atoms with E-state index in [9.17, 15) is 4.79 Å². The maximum atomic E-state index is 12.0. The molecule has 116 valence electrons. The molecule has 1 aliphatic heterocycles. The second-order valence-electron chi connectivity index (χ2n) is 7.31. The van der Waals surface area contributed by atoms with Gasteiger partial charge >= 0.3 is 0 Å². The maximum Gasteiger partial charge on any atom is 0.223 e. The smallest absolute Gasteiger partial charge is 0.223 e. The topological polar surface area (TPSA) is 32.3 Å². The van der Waals surface area contributed by atoms with Crippen molar-refractivity contribution in [3.63, 3.8) is 0 Å². The first kappa shape index (κ1) is 16.1. The summed E-state index contributed by atoms with van der Waals surface area (Å²) < 4.78 is 0. The molecule has 0 aromatic heterocycles. The molecule has 0 aromatic carbocycles. The molecule has 2 atom stereocenters. The summed E-state index contributed by atoms with van der Waals surface area (Å²) in [6.45, 7) is 8.13. The molecule has 0 unspecified atom stereocenters. The van der Waals surface area contributed by atoms with Crippen molar-refractivity contribution in [2.24, 2.45) is 23.7 Å². The second-order valence-corrected chi connectivity index (χ2v) is 7.31. The molecule has 3 rings (SSSR count). The first-order chi connectivity index (χ1) is 9.13. The standard InChI is InChI=1S/C16H28N2O.ClH/c1-11(2)14-9-18(8-12-4-3-5-12)10-15(14)17-16(19)13-6-7-13;/h11-15H,3-10H2,1-2H3,(H,17,19);1H/t14-,15+;/m1./s1. The van der Waals surface area contributed by atoms with Crippen molar-refractivity contribution < 1.29 is 4.79 Å². The number of hydrogen-bond donors (Lipinski definition) is 1. The lowest BCUT2D eigenvalue weighted by atomic mass is 9.85. The third-order valence-electron chi connectivity index (χ3n) is 5.31. The molecular weight excluding hydrogens is 272 g/mol. The third-order valence-corrected chi connectivity index (χ3v) is 5.31. The van der Waals surface area contributed by atoms with Crippen molar-refractivity contribution in [3.8, 4) is 0 Å². The van der Waals surface area contributed by atoms with Crippen molar-refractivity contribution in [1.29, 1.82) is 0 Å². The van der Waals surface area contributed by atoms with Crippen LogP contribution in [0.1, 0.15) is 46.0 Å². The average Bonchev–Trinajstić information content (AvgIpc) is 3.07.